The molecule has 2 amide bonds. The number of likely N-dealkylation sites (N-methyl/N-ethyl adjacent to an activating group) is 1. The van der Waals surface area contributed by atoms with E-state index in [0.717, 1.165) is 0 Å². The molecule has 0 radical (unpaired) electrons. The van der Waals surface area contributed by atoms with Gasteiger partial charge in [0.15, 0.2) is 11.5 Å². The summed E-state index contributed by atoms with van der Waals surface area (Å²) in [6.45, 7) is 2.79. The summed E-state index contributed by atoms with van der Waals surface area (Å²) >= 11 is 0. The van der Waals surface area contributed by atoms with Gasteiger partial charge in [-0.1, -0.05) is 18.2 Å². The zero-order valence-electron chi connectivity index (χ0n) is 17.2. The fraction of sp³-hybridized carbons (Fsp3) is 0.333. The maximum Gasteiger partial charge on any atom is 0.243 e. The van der Waals surface area contributed by atoms with E-state index in [0.29, 0.717) is 36.9 Å². The zero-order valence-corrected chi connectivity index (χ0v) is 18.0. The smallest absolute Gasteiger partial charge is 0.243 e. The maximum absolute atomic E-state index is 12.5. The molecule has 31 heavy (non-hydrogen) atoms. The Morgan fingerprint density at radius 3 is 2.45 bits per heavy atom. The highest BCUT2D eigenvalue weighted by atomic mass is 32.2. The second-order valence-corrected chi connectivity index (χ2v) is 8.54. The molecule has 0 aliphatic carbocycles. The molecule has 0 atom stereocenters. The lowest BCUT2D eigenvalue weighted by Crippen LogP contribution is -2.39. The van der Waals surface area contributed by atoms with Crippen LogP contribution in [-0.4, -0.2) is 58.0 Å². The molecule has 0 fully saturated rings. The van der Waals surface area contributed by atoms with Crippen molar-refractivity contribution in [2.24, 2.45) is 0 Å². The Morgan fingerprint density at radius 1 is 1.03 bits per heavy atom. The molecular formula is C21H25N3O6S. The Kier molecular flexibility index (Phi) is 7.48. The average Bonchev–Trinajstić information content (AvgIpc) is 2.77. The Morgan fingerprint density at radius 2 is 1.74 bits per heavy atom. The van der Waals surface area contributed by atoms with E-state index in [1.54, 1.807) is 43.3 Å². The van der Waals surface area contributed by atoms with Crippen LogP contribution < -0.4 is 19.5 Å². The number of ether oxygens (including phenoxy) is 2. The molecule has 9 nitrogen and oxygen atoms in total. The van der Waals surface area contributed by atoms with Crippen molar-refractivity contribution in [1.29, 1.82) is 0 Å². The van der Waals surface area contributed by atoms with E-state index in [9.17, 15) is 18.0 Å². The number of benzene rings is 2. The highest BCUT2D eigenvalue weighted by Crippen LogP contribution is 2.32. The van der Waals surface area contributed by atoms with Crippen LogP contribution in [0.25, 0.3) is 0 Å². The van der Waals surface area contributed by atoms with Crippen LogP contribution in [0.3, 0.4) is 0 Å². The van der Waals surface area contributed by atoms with Crippen molar-refractivity contribution in [2.75, 3.05) is 38.2 Å². The van der Waals surface area contributed by atoms with Crippen molar-refractivity contribution in [3.8, 4) is 11.5 Å². The summed E-state index contributed by atoms with van der Waals surface area (Å²) in [6.07, 6.45) is -0.0583. The number of rotatable bonds is 9. The van der Waals surface area contributed by atoms with E-state index in [1.807, 2.05) is 0 Å². The number of sulfonamides is 1. The van der Waals surface area contributed by atoms with Gasteiger partial charge in [-0.2, -0.15) is 0 Å². The van der Waals surface area contributed by atoms with Crippen molar-refractivity contribution < 1.29 is 27.5 Å². The van der Waals surface area contributed by atoms with Gasteiger partial charge >= 0.3 is 0 Å². The standard InChI is InChI=1S/C21H25N3O6S/c1-2-24(21(26)10-11-22-31(27,28)17-6-4-3-5-7-17)15-20(25)23-16-8-9-18-19(14-16)30-13-12-29-18/h3-9,14,22H,2,10-13,15H2,1H3,(H,23,25). The molecule has 2 aromatic carbocycles. The second-order valence-electron chi connectivity index (χ2n) is 6.78. The minimum atomic E-state index is -3.68. The Hall–Kier alpha value is -3.11. The Bertz CT molecular complexity index is 1030. The summed E-state index contributed by atoms with van der Waals surface area (Å²) in [6, 6.07) is 13.0. The molecule has 0 unspecified atom stereocenters. The normalized spacial score (nSPS) is 12.8. The van der Waals surface area contributed by atoms with Gasteiger partial charge in [0.2, 0.25) is 21.8 Å². The lowest BCUT2D eigenvalue weighted by molar-refractivity contribution is -0.134. The number of hydrogen-bond donors (Lipinski definition) is 2. The molecule has 3 rings (SSSR count). The molecule has 2 N–H and O–H groups in total. The van der Waals surface area contributed by atoms with E-state index < -0.39 is 10.0 Å². The van der Waals surface area contributed by atoms with E-state index >= 15 is 0 Å². The van der Waals surface area contributed by atoms with Crippen molar-refractivity contribution >= 4 is 27.5 Å². The summed E-state index contributed by atoms with van der Waals surface area (Å²) in [5.41, 5.74) is 0.536. The number of amides is 2. The van der Waals surface area contributed by atoms with Crippen LogP contribution in [0.4, 0.5) is 5.69 Å². The first-order valence-corrected chi connectivity index (χ1v) is 11.4. The van der Waals surface area contributed by atoms with E-state index in [2.05, 4.69) is 10.0 Å². The average molecular weight is 448 g/mol. The summed E-state index contributed by atoms with van der Waals surface area (Å²) < 4.78 is 37.8. The topological polar surface area (TPSA) is 114 Å². The van der Waals surface area contributed by atoms with Gasteiger partial charge in [0.1, 0.15) is 13.2 Å². The molecular weight excluding hydrogens is 422 g/mol. The van der Waals surface area contributed by atoms with Gasteiger partial charge in [-0.05, 0) is 31.2 Å². The molecule has 1 aliphatic rings. The SMILES string of the molecule is CCN(CC(=O)Nc1ccc2c(c1)OCCO2)C(=O)CCNS(=O)(=O)c1ccccc1. The predicted octanol–water partition coefficient (Wildman–Crippen LogP) is 1.61. The fourth-order valence-corrected chi connectivity index (χ4v) is 4.06. The molecule has 0 spiro atoms. The number of fused-ring (bicyclic) bond motifs is 1. The summed E-state index contributed by atoms with van der Waals surface area (Å²) in [4.78, 5) is 26.3. The molecule has 2 aromatic rings. The lowest BCUT2D eigenvalue weighted by atomic mass is 10.2. The number of nitrogens with zero attached hydrogens (tertiary/aromatic N) is 1. The number of carbonyl (C=O) groups excluding carboxylic acids is 2. The molecule has 166 valence electrons. The number of carbonyl (C=O) groups is 2. The number of anilines is 1. The maximum atomic E-state index is 12.5. The third-order valence-corrected chi connectivity index (χ3v) is 6.06. The molecule has 0 saturated heterocycles. The van der Waals surface area contributed by atoms with E-state index in [1.165, 1.54) is 17.0 Å². The van der Waals surface area contributed by atoms with Gasteiger partial charge in [0.25, 0.3) is 0 Å². The first-order valence-electron chi connectivity index (χ1n) is 9.91. The monoisotopic (exact) mass is 447 g/mol. The Labute approximate surface area is 181 Å². The van der Waals surface area contributed by atoms with Crippen molar-refractivity contribution in [3.63, 3.8) is 0 Å². The van der Waals surface area contributed by atoms with Crippen LogP contribution in [0.1, 0.15) is 13.3 Å². The fourth-order valence-electron chi connectivity index (χ4n) is 3.00. The summed E-state index contributed by atoms with van der Waals surface area (Å²) in [5, 5.41) is 2.73. The largest absolute Gasteiger partial charge is 0.486 e. The molecule has 10 heteroatoms. The first-order chi connectivity index (χ1) is 14.9. The van der Waals surface area contributed by atoms with Gasteiger partial charge in [-0.3, -0.25) is 9.59 Å². The van der Waals surface area contributed by atoms with Crippen molar-refractivity contribution in [1.82, 2.24) is 9.62 Å². The van der Waals surface area contributed by atoms with Crippen LogP contribution in [0, 0.1) is 0 Å². The van der Waals surface area contributed by atoms with E-state index in [4.69, 9.17) is 9.47 Å². The Balaban J connectivity index is 1.49. The summed E-state index contributed by atoms with van der Waals surface area (Å²) in [5.74, 6) is 0.484. The highest BCUT2D eigenvalue weighted by molar-refractivity contribution is 7.89. The molecule has 0 bridgehead atoms. The molecule has 0 saturated carbocycles. The van der Waals surface area contributed by atoms with E-state index in [-0.39, 0.29) is 36.2 Å². The van der Waals surface area contributed by atoms with Crippen LogP contribution >= 0.6 is 0 Å². The van der Waals surface area contributed by atoms with Crippen molar-refractivity contribution in [3.05, 3.63) is 48.5 Å². The van der Waals surface area contributed by atoms with Gasteiger partial charge < -0.3 is 19.7 Å². The number of hydrogen-bond acceptors (Lipinski definition) is 6. The first kappa shape index (κ1) is 22.6. The minimum Gasteiger partial charge on any atom is -0.486 e. The quantitative estimate of drug-likeness (QED) is 0.604. The predicted molar refractivity (Wildman–Crippen MR) is 115 cm³/mol. The minimum absolute atomic E-state index is 0.0583. The zero-order chi connectivity index (χ0) is 22.3. The van der Waals surface area contributed by atoms with Crippen molar-refractivity contribution in [2.45, 2.75) is 18.2 Å². The molecule has 0 aromatic heterocycles. The van der Waals surface area contributed by atoms with Gasteiger partial charge in [-0.15, -0.1) is 0 Å². The summed E-state index contributed by atoms with van der Waals surface area (Å²) in [7, 11) is -3.68. The second kappa shape index (κ2) is 10.3. The highest BCUT2D eigenvalue weighted by Gasteiger charge is 2.19. The van der Waals surface area contributed by atoms with Crippen LogP contribution in [-0.2, 0) is 19.6 Å². The van der Waals surface area contributed by atoms with Crippen LogP contribution in [0.15, 0.2) is 53.4 Å². The van der Waals surface area contributed by atoms with Crippen LogP contribution in [0.5, 0.6) is 11.5 Å². The third-order valence-electron chi connectivity index (χ3n) is 4.58. The van der Waals surface area contributed by atoms with Gasteiger partial charge in [0.05, 0.1) is 11.4 Å². The van der Waals surface area contributed by atoms with Gasteiger partial charge in [0, 0.05) is 31.3 Å². The molecule has 1 heterocycles. The van der Waals surface area contributed by atoms with Crippen LogP contribution in [0.2, 0.25) is 0 Å². The number of nitrogens with one attached hydrogen (secondary N) is 2. The lowest BCUT2D eigenvalue weighted by Gasteiger charge is -2.21. The molecule has 1 aliphatic heterocycles. The third kappa shape index (κ3) is 6.19. The van der Waals surface area contributed by atoms with Gasteiger partial charge in [-0.25, -0.2) is 13.1 Å².